The average molecular weight is 309 g/mol. The van der Waals surface area contributed by atoms with Crippen LogP contribution in [-0.2, 0) is 19.7 Å². The smallest absolute Gasteiger partial charge is 0.194 e. The third kappa shape index (κ3) is 2.15. The third-order valence-corrected chi connectivity index (χ3v) is 10.4. The zero-order chi connectivity index (χ0) is 14.9. The maximum absolute atomic E-state index is 12.5. The van der Waals surface area contributed by atoms with Gasteiger partial charge in [0.15, 0.2) is 23.8 Å². The fourth-order valence-corrected chi connectivity index (χ4v) is 8.63. The van der Waals surface area contributed by atoms with Crippen LogP contribution in [0.4, 0.5) is 0 Å². The predicted molar refractivity (Wildman–Crippen MR) is 77.2 cm³/mol. The second-order valence-corrected chi connectivity index (χ2v) is 10.3. The molecule has 0 aromatic rings. The topological polar surface area (TPSA) is 94.3 Å². The van der Waals surface area contributed by atoms with Crippen LogP contribution < -0.4 is 5.73 Å². The second-order valence-electron chi connectivity index (χ2n) is 5.01. The number of hydrogen-bond donors (Lipinski definition) is 1. The van der Waals surface area contributed by atoms with Crippen molar-refractivity contribution in [3.63, 3.8) is 0 Å². The first-order chi connectivity index (χ1) is 8.64. The summed E-state index contributed by atoms with van der Waals surface area (Å²) < 4.78 is 48.3. The van der Waals surface area contributed by atoms with Crippen molar-refractivity contribution in [2.75, 3.05) is 11.5 Å². The van der Waals surface area contributed by atoms with Crippen LogP contribution >= 0.6 is 0 Å². The van der Waals surface area contributed by atoms with Gasteiger partial charge in [-0.2, -0.15) is 0 Å². The molecule has 0 amide bonds. The van der Waals surface area contributed by atoms with Crippen LogP contribution in [-0.4, -0.2) is 38.0 Å². The lowest BCUT2D eigenvalue weighted by Crippen LogP contribution is -2.69. The van der Waals surface area contributed by atoms with E-state index in [0.717, 1.165) is 0 Å². The Morgan fingerprint density at radius 2 is 1.47 bits per heavy atom. The van der Waals surface area contributed by atoms with Crippen LogP contribution in [0.25, 0.3) is 0 Å². The Kier molecular flexibility index (Phi) is 4.54. The van der Waals surface area contributed by atoms with Crippen molar-refractivity contribution in [1.82, 2.24) is 0 Å². The lowest BCUT2D eigenvalue weighted by molar-refractivity contribution is 0.320. The largest absolute Gasteiger partial charge is 0.320 e. The monoisotopic (exact) mass is 309 g/mol. The van der Waals surface area contributed by atoms with Gasteiger partial charge in [0.1, 0.15) is 0 Å². The van der Waals surface area contributed by atoms with Gasteiger partial charge in [0.2, 0.25) is 0 Å². The van der Waals surface area contributed by atoms with Gasteiger partial charge in [-0.15, -0.1) is 6.58 Å². The number of hydrogen-bond acceptors (Lipinski definition) is 5. The lowest BCUT2D eigenvalue weighted by atomic mass is 9.81. The zero-order valence-electron chi connectivity index (χ0n) is 11.6. The zero-order valence-corrected chi connectivity index (χ0v) is 13.2. The first-order valence-corrected chi connectivity index (χ1v) is 9.81. The molecule has 0 saturated heterocycles. The average Bonchev–Trinajstić information content (AvgIpc) is 2.38. The van der Waals surface area contributed by atoms with E-state index < -0.39 is 29.3 Å². The normalized spacial score (nSPS) is 27.9. The number of nitrogens with two attached hydrogens (primary N) is 1. The Morgan fingerprint density at radius 1 is 1.05 bits per heavy atom. The second kappa shape index (κ2) is 5.18. The van der Waals surface area contributed by atoms with E-state index in [2.05, 4.69) is 6.58 Å². The highest BCUT2D eigenvalue weighted by atomic mass is 32.3. The molecule has 1 rings (SSSR count). The fraction of sp³-hybridized carbons (Fsp3) is 0.833. The summed E-state index contributed by atoms with van der Waals surface area (Å²) in [5, 5.41) is 0. The van der Waals surface area contributed by atoms with Gasteiger partial charge in [-0.1, -0.05) is 32.8 Å². The molecule has 1 atom stereocenters. The van der Waals surface area contributed by atoms with Gasteiger partial charge < -0.3 is 5.73 Å². The van der Waals surface area contributed by atoms with E-state index in [1.807, 2.05) is 0 Å². The van der Waals surface area contributed by atoms with Crippen LogP contribution in [0.5, 0.6) is 0 Å². The standard InChI is InChI=1S/C12H23NO4S2/c1-4-11(13)9-7-8-10-12(11,18(14,15)5-2)19(16,17)6-3/h4H,1,5-10,13H2,2-3H3. The van der Waals surface area contributed by atoms with E-state index in [-0.39, 0.29) is 17.9 Å². The van der Waals surface area contributed by atoms with E-state index in [1.165, 1.54) is 19.9 Å². The summed E-state index contributed by atoms with van der Waals surface area (Å²) in [6.45, 7) is 6.51. The van der Waals surface area contributed by atoms with Crippen LogP contribution in [0.15, 0.2) is 12.7 Å². The van der Waals surface area contributed by atoms with Gasteiger partial charge >= 0.3 is 0 Å². The summed E-state index contributed by atoms with van der Waals surface area (Å²) >= 11 is 0. The molecule has 1 aliphatic rings. The molecule has 0 radical (unpaired) electrons. The molecule has 1 unspecified atom stereocenters. The molecule has 1 saturated carbocycles. The molecule has 0 aromatic carbocycles. The molecular weight excluding hydrogens is 286 g/mol. The quantitative estimate of drug-likeness (QED) is 0.765. The summed E-state index contributed by atoms with van der Waals surface area (Å²) in [5.41, 5.74) is 4.78. The Morgan fingerprint density at radius 3 is 1.84 bits per heavy atom. The third-order valence-electron chi connectivity index (χ3n) is 4.18. The highest BCUT2D eigenvalue weighted by molar-refractivity contribution is 8.10. The van der Waals surface area contributed by atoms with Crippen LogP contribution in [0.1, 0.15) is 39.5 Å². The first kappa shape index (κ1) is 16.7. The van der Waals surface area contributed by atoms with Gasteiger partial charge in [0.05, 0.1) is 5.54 Å². The lowest BCUT2D eigenvalue weighted by Gasteiger charge is -2.48. The minimum absolute atomic E-state index is 0.0574. The summed E-state index contributed by atoms with van der Waals surface area (Å²) in [6, 6.07) is 0. The maximum atomic E-state index is 12.5. The molecule has 0 spiro atoms. The molecule has 0 aromatic heterocycles. The Labute approximate surface area is 116 Å². The van der Waals surface area contributed by atoms with E-state index in [0.29, 0.717) is 19.3 Å². The molecule has 112 valence electrons. The van der Waals surface area contributed by atoms with E-state index in [9.17, 15) is 16.8 Å². The molecule has 0 aliphatic heterocycles. The fourth-order valence-electron chi connectivity index (χ4n) is 3.01. The molecule has 1 aliphatic carbocycles. The number of sulfone groups is 2. The summed E-state index contributed by atoms with van der Waals surface area (Å²) in [7, 11) is -7.71. The predicted octanol–water partition coefficient (Wildman–Crippen LogP) is 1.01. The van der Waals surface area contributed by atoms with Crippen molar-refractivity contribution >= 4 is 19.7 Å². The minimum atomic E-state index is -3.86. The van der Waals surface area contributed by atoms with Crippen LogP contribution in [0.2, 0.25) is 0 Å². The van der Waals surface area contributed by atoms with Crippen LogP contribution in [0, 0.1) is 0 Å². The van der Waals surface area contributed by atoms with Crippen molar-refractivity contribution < 1.29 is 16.8 Å². The molecule has 5 nitrogen and oxygen atoms in total. The first-order valence-electron chi connectivity index (χ1n) is 6.51. The number of rotatable bonds is 5. The molecular formula is C12H23NO4S2. The van der Waals surface area contributed by atoms with Crippen molar-refractivity contribution in [3.8, 4) is 0 Å². The molecule has 0 heterocycles. The van der Waals surface area contributed by atoms with Gasteiger partial charge in [-0.3, -0.25) is 0 Å². The van der Waals surface area contributed by atoms with E-state index >= 15 is 0 Å². The van der Waals surface area contributed by atoms with Crippen molar-refractivity contribution in [3.05, 3.63) is 12.7 Å². The molecule has 2 N–H and O–H groups in total. The molecule has 7 heteroatoms. The van der Waals surface area contributed by atoms with Crippen LogP contribution in [0.3, 0.4) is 0 Å². The van der Waals surface area contributed by atoms with Crippen molar-refractivity contribution in [2.45, 2.75) is 49.1 Å². The highest BCUT2D eigenvalue weighted by Crippen LogP contribution is 2.46. The Balaban J connectivity index is 3.74. The Bertz CT molecular complexity index is 516. The summed E-state index contributed by atoms with van der Waals surface area (Å²) in [5.74, 6) is -0.474. The maximum Gasteiger partial charge on any atom is 0.194 e. The van der Waals surface area contributed by atoms with Gasteiger partial charge in [0.25, 0.3) is 0 Å². The van der Waals surface area contributed by atoms with Gasteiger partial charge in [0, 0.05) is 11.5 Å². The van der Waals surface area contributed by atoms with Gasteiger partial charge in [-0.05, 0) is 12.8 Å². The van der Waals surface area contributed by atoms with E-state index in [1.54, 1.807) is 0 Å². The van der Waals surface area contributed by atoms with E-state index in [4.69, 9.17) is 5.73 Å². The highest BCUT2D eigenvalue weighted by Gasteiger charge is 2.64. The minimum Gasteiger partial charge on any atom is -0.320 e. The molecule has 0 bridgehead atoms. The summed E-state index contributed by atoms with van der Waals surface area (Å²) in [4.78, 5) is 0. The van der Waals surface area contributed by atoms with Crippen molar-refractivity contribution in [2.24, 2.45) is 5.73 Å². The summed E-state index contributed by atoms with van der Waals surface area (Å²) in [6.07, 6.45) is 2.96. The molecule has 19 heavy (non-hydrogen) atoms. The Hall–Kier alpha value is -0.400. The van der Waals surface area contributed by atoms with Crippen molar-refractivity contribution in [1.29, 1.82) is 0 Å². The van der Waals surface area contributed by atoms with Gasteiger partial charge in [-0.25, -0.2) is 16.8 Å². The SMILES string of the molecule is C=CC1(N)CCCCC1(S(=O)(=O)CC)S(=O)(=O)CC. The molecule has 1 fully saturated rings.